The normalized spacial score (nSPS) is 14.3. The first-order valence-corrected chi connectivity index (χ1v) is 7.74. The molecule has 130 valence electrons. The van der Waals surface area contributed by atoms with Crippen LogP contribution in [0.15, 0.2) is 30.5 Å². The van der Waals surface area contributed by atoms with Crippen molar-refractivity contribution in [1.82, 2.24) is 15.1 Å². The zero-order chi connectivity index (χ0) is 17.0. The Kier molecular flexibility index (Phi) is 4.94. The molecule has 24 heavy (non-hydrogen) atoms. The Morgan fingerprint density at radius 3 is 3.00 bits per heavy atom. The number of nitrogens with one attached hydrogen (secondary N) is 1. The molecule has 3 rings (SSSR count). The van der Waals surface area contributed by atoms with E-state index in [-0.39, 0.29) is 5.75 Å². The van der Waals surface area contributed by atoms with Gasteiger partial charge in [-0.05, 0) is 30.5 Å². The molecule has 0 fully saturated rings. The Hall–Kier alpha value is -2.22. The van der Waals surface area contributed by atoms with Gasteiger partial charge in [-0.3, -0.25) is 4.68 Å². The van der Waals surface area contributed by atoms with Gasteiger partial charge in [-0.1, -0.05) is 12.1 Å². The predicted octanol–water partition coefficient (Wildman–Crippen LogP) is 2.90. The van der Waals surface area contributed by atoms with E-state index in [9.17, 15) is 13.2 Å². The molecule has 0 radical (unpaired) electrons. The van der Waals surface area contributed by atoms with Gasteiger partial charge in [-0.15, -0.1) is 13.2 Å². The third-order valence-electron chi connectivity index (χ3n) is 3.70. The Balaban J connectivity index is 1.48. The molecule has 0 aliphatic carbocycles. The van der Waals surface area contributed by atoms with Crippen LogP contribution in [0.1, 0.15) is 17.7 Å². The molecule has 1 N–H and O–H groups in total. The highest BCUT2D eigenvalue weighted by molar-refractivity contribution is 5.29. The summed E-state index contributed by atoms with van der Waals surface area (Å²) in [5.41, 5.74) is 1.81. The van der Waals surface area contributed by atoms with Gasteiger partial charge in [0, 0.05) is 13.1 Å². The van der Waals surface area contributed by atoms with Crippen molar-refractivity contribution in [3.63, 3.8) is 0 Å². The van der Waals surface area contributed by atoms with Crippen LogP contribution in [0, 0.1) is 0 Å². The number of nitrogens with zero attached hydrogens (tertiary/aromatic N) is 2. The van der Waals surface area contributed by atoms with Gasteiger partial charge < -0.3 is 14.8 Å². The summed E-state index contributed by atoms with van der Waals surface area (Å²) in [6.07, 6.45) is -1.66. The molecule has 0 amide bonds. The second kappa shape index (κ2) is 7.12. The van der Waals surface area contributed by atoms with Crippen LogP contribution in [0.4, 0.5) is 13.2 Å². The van der Waals surface area contributed by atoms with Crippen LogP contribution in [0.25, 0.3) is 0 Å². The number of benzene rings is 1. The van der Waals surface area contributed by atoms with E-state index in [2.05, 4.69) is 15.2 Å². The summed E-state index contributed by atoms with van der Waals surface area (Å²) < 4.78 is 48.2. The highest BCUT2D eigenvalue weighted by Gasteiger charge is 2.31. The van der Waals surface area contributed by atoms with E-state index in [0.29, 0.717) is 19.4 Å². The number of hydrogen-bond donors (Lipinski definition) is 1. The van der Waals surface area contributed by atoms with Crippen molar-refractivity contribution in [3.8, 4) is 11.5 Å². The van der Waals surface area contributed by atoms with Crippen molar-refractivity contribution in [3.05, 3.63) is 41.7 Å². The van der Waals surface area contributed by atoms with Crippen molar-refractivity contribution < 1.29 is 22.6 Å². The lowest BCUT2D eigenvalue weighted by Crippen LogP contribution is -2.28. The Morgan fingerprint density at radius 1 is 1.29 bits per heavy atom. The summed E-state index contributed by atoms with van der Waals surface area (Å²) >= 11 is 0. The molecule has 1 aromatic heterocycles. The fourth-order valence-electron chi connectivity index (χ4n) is 2.63. The van der Waals surface area contributed by atoms with Gasteiger partial charge in [-0.25, -0.2) is 0 Å². The quantitative estimate of drug-likeness (QED) is 0.821. The molecule has 8 heteroatoms. The summed E-state index contributed by atoms with van der Waals surface area (Å²) in [6.45, 7) is 2.92. The standard InChI is InChI=1S/C16H18F3N3O2/c17-16(18,19)24-13-5-1-3-12(9-13)4-2-8-23-15-11-21-22-7-6-20-10-14(15)22/h1,3,5,9,11,20H,2,4,6-8,10H2. The van der Waals surface area contributed by atoms with Crippen molar-refractivity contribution in [1.29, 1.82) is 0 Å². The van der Waals surface area contributed by atoms with Crippen LogP contribution in [-0.2, 0) is 19.5 Å². The molecule has 0 atom stereocenters. The van der Waals surface area contributed by atoms with Gasteiger partial charge in [-0.2, -0.15) is 5.10 Å². The minimum atomic E-state index is -4.67. The largest absolute Gasteiger partial charge is 0.573 e. The third kappa shape index (κ3) is 4.41. The van der Waals surface area contributed by atoms with Crippen molar-refractivity contribution >= 4 is 0 Å². The summed E-state index contributed by atoms with van der Waals surface area (Å²) in [7, 11) is 0. The third-order valence-corrected chi connectivity index (χ3v) is 3.70. The lowest BCUT2D eigenvalue weighted by Gasteiger charge is -2.16. The van der Waals surface area contributed by atoms with Crippen molar-refractivity contribution in [2.45, 2.75) is 32.3 Å². The van der Waals surface area contributed by atoms with Crippen molar-refractivity contribution in [2.24, 2.45) is 0 Å². The molecule has 0 saturated heterocycles. The maximum Gasteiger partial charge on any atom is 0.573 e. The minimum absolute atomic E-state index is 0.197. The number of ether oxygens (including phenoxy) is 2. The maximum absolute atomic E-state index is 12.2. The highest BCUT2D eigenvalue weighted by Crippen LogP contribution is 2.24. The average Bonchev–Trinajstić information content (AvgIpc) is 2.94. The van der Waals surface area contributed by atoms with E-state index in [4.69, 9.17) is 4.74 Å². The van der Waals surface area contributed by atoms with Gasteiger partial charge in [0.05, 0.1) is 25.0 Å². The van der Waals surface area contributed by atoms with E-state index < -0.39 is 6.36 Å². The highest BCUT2D eigenvalue weighted by atomic mass is 19.4. The number of halogens is 3. The number of rotatable bonds is 6. The van der Waals surface area contributed by atoms with E-state index in [0.717, 1.165) is 36.6 Å². The smallest absolute Gasteiger partial charge is 0.490 e. The molecule has 1 aromatic carbocycles. The van der Waals surface area contributed by atoms with Crippen LogP contribution in [0.2, 0.25) is 0 Å². The zero-order valence-electron chi connectivity index (χ0n) is 13.0. The summed E-state index contributed by atoms with van der Waals surface area (Å²) in [5, 5.41) is 7.53. The topological polar surface area (TPSA) is 48.3 Å². The molecule has 0 spiro atoms. The summed E-state index contributed by atoms with van der Waals surface area (Å²) in [5.74, 6) is 0.564. The molecular weight excluding hydrogens is 323 g/mol. The first-order chi connectivity index (χ1) is 11.5. The average molecular weight is 341 g/mol. The van der Waals surface area contributed by atoms with Gasteiger partial charge in [0.1, 0.15) is 5.75 Å². The van der Waals surface area contributed by atoms with E-state index >= 15 is 0 Å². The first kappa shape index (κ1) is 16.6. The van der Waals surface area contributed by atoms with Crippen LogP contribution >= 0.6 is 0 Å². The molecule has 1 aliphatic heterocycles. The fraction of sp³-hybridized carbons (Fsp3) is 0.438. The number of hydrogen-bond acceptors (Lipinski definition) is 4. The lowest BCUT2D eigenvalue weighted by atomic mass is 10.1. The molecule has 0 unspecified atom stereocenters. The number of aryl methyl sites for hydroxylation is 1. The molecule has 1 aliphatic rings. The van der Waals surface area contributed by atoms with Crippen LogP contribution < -0.4 is 14.8 Å². The summed E-state index contributed by atoms with van der Waals surface area (Å²) in [6, 6.07) is 6.02. The van der Waals surface area contributed by atoms with Gasteiger partial charge in [0.2, 0.25) is 0 Å². The zero-order valence-corrected chi connectivity index (χ0v) is 13.0. The number of aromatic nitrogens is 2. The van der Waals surface area contributed by atoms with Crippen LogP contribution in [0.3, 0.4) is 0 Å². The van der Waals surface area contributed by atoms with Gasteiger partial charge in [0.25, 0.3) is 0 Å². The van der Waals surface area contributed by atoms with Crippen LogP contribution in [-0.4, -0.2) is 29.3 Å². The monoisotopic (exact) mass is 341 g/mol. The van der Waals surface area contributed by atoms with Gasteiger partial charge in [0.15, 0.2) is 5.75 Å². The minimum Gasteiger partial charge on any atom is -0.490 e. The SMILES string of the molecule is FC(F)(F)Oc1cccc(CCCOc2cnn3c2CNCC3)c1. The molecule has 0 saturated carbocycles. The number of fused-ring (bicyclic) bond motifs is 1. The molecular formula is C16H18F3N3O2. The lowest BCUT2D eigenvalue weighted by molar-refractivity contribution is -0.274. The van der Waals surface area contributed by atoms with Crippen molar-refractivity contribution in [2.75, 3.05) is 13.2 Å². The predicted molar refractivity (Wildman–Crippen MR) is 80.9 cm³/mol. The molecule has 5 nitrogen and oxygen atoms in total. The van der Waals surface area contributed by atoms with E-state index in [1.54, 1.807) is 18.3 Å². The van der Waals surface area contributed by atoms with Gasteiger partial charge >= 0.3 is 6.36 Å². The second-order valence-corrected chi connectivity index (χ2v) is 5.50. The molecule has 2 heterocycles. The number of alkyl halides is 3. The van der Waals surface area contributed by atoms with Crippen LogP contribution in [0.5, 0.6) is 11.5 Å². The Labute approximate surface area is 137 Å². The summed E-state index contributed by atoms with van der Waals surface area (Å²) in [4.78, 5) is 0. The molecule has 0 bridgehead atoms. The molecule has 2 aromatic rings. The van der Waals surface area contributed by atoms with E-state index in [1.807, 2.05) is 4.68 Å². The second-order valence-electron chi connectivity index (χ2n) is 5.50. The van der Waals surface area contributed by atoms with E-state index in [1.165, 1.54) is 12.1 Å². The Bertz CT molecular complexity index is 685. The fourth-order valence-corrected chi connectivity index (χ4v) is 2.63. The maximum atomic E-state index is 12.2. The first-order valence-electron chi connectivity index (χ1n) is 7.74. The Morgan fingerprint density at radius 2 is 2.17 bits per heavy atom.